The molecule has 2 nitrogen and oxygen atoms in total. The van der Waals surface area contributed by atoms with Crippen molar-refractivity contribution in [2.75, 3.05) is 0 Å². The van der Waals surface area contributed by atoms with Crippen molar-refractivity contribution in [2.24, 2.45) is 23.7 Å². The Morgan fingerprint density at radius 2 is 1.05 bits per heavy atom. The van der Waals surface area contributed by atoms with E-state index >= 15 is 0 Å². The fourth-order valence-electron chi connectivity index (χ4n) is 5.61. The highest BCUT2D eigenvalue weighted by molar-refractivity contribution is 5.32. The highest BCUT2D eigenvalue weighted by Crippen LogP contribution is 2.47. The topological polar surface area (TPSA) is 18.5 Å². The highest BCUT2D eigenvalue weighted by Gasteiger charge is 2.41. The monoisotopic (exact) mass is 298 g/mol. The number of hydrogen-bond acceptors (Lipinski definition) is 2. The summed E-state index contributed by atoms with van der Waals surface area (Å²) in [4.78, 5) is 0. The van der Waals surface area contributed by atoms with Crippen LogP contribution in [0, 0.1) is 23.7 Å². The summed E-state index contributed by atoms with van der Waals surface area (Å²) in [6.07, 6.45) is 11.9. The Morgan fingerprint density at radius 1 is 0.591 bits per heavy atom. The maximum atomic E-state index is 6.23. The molecule has 0 saturated heterocycles. The molecule has 0 aliphatic heterocycles. The van der Waals surface area contributed by atoms with Crippen LogP contribution in [0.3, 0.4) is 0 Å². The Morgan fingerprint density at radius 3 is 1.36 bits per heavy atom. The SMILES string of the molecule is c1cc(OC2CC3CCC2C3)ccc1OC1CC2CCC1C2. The minimum absolute atomic E-state index is 0.469. The Balaban J connectivity index is 1.20. The standard InChI is InChI=1S/C20H26O2/c1-3-15-9-13(1)11-19(15)21-17-5-7-18(8-6-17)22-20-12-14-2-4-16(20)10-14/h5-8,13-16,19-20H,1-4,9-12H2. The van der Waals surface area contributed by atoms with Gasteiger partial charge in [-0.25, -0.2) is 0 Å². The zero-order chi connectivity index (χ0) is 14.5. The first-order valence-electron chi connectivity index (χ1n) is 9.27. The molecule has 6 unspecified atom stereocenters. The predicted molar refractivity (Wildman–Crippen MR) is 86.2 cm³/mol. The summed E-state index contributed by atoms with van der Waals surface area (Å²) >= 11 is 0. The van der Waals surface area contributed by atoms with Crippen molar-refractivity contribution in [2.45, 2.75) is 63.6 Å². The molecule has 2 heteroatoms. The van der Waals surface area contributed by atoms with Crippen LogP contribution in [0.1, 0.15) is 51.4 Å². The highest BCUT2D eigenvalue weighted by atomic mass is 16.5. The summed E-state index contributed by atoms with van der Waals surface area (Å²) < 4.78 is 12.5. The second-order valence-corrected chi connectivity index (χ2v) is 8.13. The van der Waals surface area contributed by atoms with Crippen molar-refractivity contribution in [1.82, 2.24) is 0 Å². The third-order valence-electron chi connectivity index (χ3n) is 6.75. The Bertz CT molecular complexity index is 488. The maximum Gasteiger partial charge on any atom is 0.120 e. The molecule has 0 heterocycles. The molecule has 0 amide bonds. The van der Waals surface area contributed by atoms with Crippen LogP contribution in [0.15, 0.2) is 24.3 Å². The van der Waals surface area contributed by atoms with Crippen molar-refractivity contribution in [3.63, 3.8) is 0 Å². The van der Waals surface area contributed by atoms with Crippen LogP contribution in [-0.4, -0.2) is 12.2 Å². The minimum Gasteiger partial charge on any atom is -0.490 e. The number of hydrogen-bond donors (Lipinski definition) is 0. The van der Waals surface area contributed by atoms with Gasteiger partial charge < -0.3 is 9.47 Å². The Hall–Kier alpha value is -1.18. The van der Waals surface area contributed by atoms with E-state index in [1.54, 1.807) is 0 Å². The van der Waals surface area contributed by atoms with E-state index in [0.29, 0.717) is 12.2 Å². The van der Waals surface area contributed by atoms with Crippen LogP contribution in [0.25, 0.3) is 0 Å². The van der Waals surface area contributed by atoms with Crippen LogP contribution in [0.2, 0.25) is 0 Å². The van der Waals surface area contributed by atoms with E-state index in [1.807, 2.05) is 0 Å². The Kier molecular flexibility index (Phi) is 3.12. The molecule has 1 aromatic carbocycles. The van der Waals surface area contributed by atoms with E-state index in [4.69, 9.17) is 9.47 Å². The number of fused-ring (bicyclic) bond motifs is 4. The van der Waals surface area contributed by atoms with Crippen LogP contribution in [0.5, 0.6) is 11.5 Å². The molecule has 4 aliphatic carbocycles. The zero-order valence-electron chi connectivity index (χ0n) is 13.2. The van der Waals surface area contributed by atoms with Gasteiger partial charge in [-0.05, 0) is 99.3 Å². The number of benzene rings is 1. The van der Waals surface area contributed by atoms with Crippen molar-refractivity contribution in [1.29, 1.82) is 0 Å². The van der Waals surface area contributed by atoms with Gasteiger partial charge in [-0.1, -0.05) is 0 Å². The van der Waals surface area contributed by atoms with Crippen LogP contribution >= 0.6 is 0 Å². The van der Waals surface area contributed by atoms with E-state index in [2.05, 4.69) is 24.3 Å². The summed E-state index contributed by atoms with van der Waals surface area (Å²) in [5, 5.41) is 0. The van der Waals surface area contributed by atoms with Crippen LogP contribution in [0.4, 0.5) is 0 Å². The summed E-state index contributed by atoms with van der Waals surface area (Å²) in [6, 6.07) is 8.42. The quantitative estimate of drug-likeness (QED) is 0.793. The van der Waals surface area contributed by atoms with Crippen molar-refractivity contribution < 1.29 is 9.47 Å². The molecule has 118 valence electrons. The second kappa shape index (κ2) is 5.18. The fraction of sp³-hybridized carbons (Fsp3) is 0.700. The van der Waals surface area contributed by atoms with Gasteiger partial charge in [0.2, 0.25) is 0 Å². The van der Waals surface area contributed by atoms with Crippen molar-refractivity contribution in [3.05, 3.63) is 24.3 Å². The van der Waals surface area contributed by atoms with Gasteiger partial charge in [0.05, 0.1) is 0 Å². The van der Waals surface area contributed by atoms with Crippen molar-refractivity contribution >= 4 is 0 Å². The molecule has 6 atom stereocenters. The summed E-state index contributed by atoms with van der Waals surface area (Å²) in [5.74, 6) is 5.56. The van der Waals surface area contributed by atoms with Gasteiger partial charge in [-0.2, -0.15) is 0 Å². The molecule has 1 aromatic rings. The van der Waals surface area contributed by atoms with Crippen molar-refractivity contribution in [3.8, 4) is 11.5 Å². The largest absolute Gasteiger partial charge is 0.490 e. The molecule has 0 spiro atoms. The first-order chi connectivity index (χ1) is 10.8. The predicted octanol–water partition coefficient (Wildman–Crippen LogP) is 4.82. The lowest BCUT2D eigenvalue weighted by atomic mass is 9.97. The van der Waals surface area contributed by atoms with Gasteiger partial charge in [-0.15, -0.1) is 0 Å². The Labute approximate surface area is 133 Å². The van der Waals surface area contributed by atoms with Gasteiger partial charge >= 0.3 is 0 Å². The summed E-state index contributed by atoms with van der Waals surface area (Å²) in [5.41, 5.74) is 0. The van der Waals surface area contributed by atoms with Crippen LogP contribution in [-0.2, 0) is 0 Å². The lowest BCUT2D eigenvalue weighted by Crippen LogP contribution is -2.24. The van der Waals surface area contributed by atoms with Gasteiger partial charge in [0, 0.05) is 0 Å². The first-order valence-corrected chi connectivity index (χ1v) is 9.27. The third-order valence-corrected chi connectivity index (χ3v) is 6.75. The van der Waals surface area contributed by atoms with E-state index in [1.165, 1.54) is 51.4 Å². The second-order valence-electron chi connectivity index (χ2n) is 8.13. The average Bonchev–Trinajstić information content (AvgIpc) is 3.29. The summed E-state index contributed by atoms with van der Waals surface area (Å²) in [7, 11) is 0. The average molecular weight is 298 g/mol. The molecule has 0 radical (unpaired) electrons. The third kappa shape index (κ3) is 2.31. The maximum absolute atomic E-state index is 6.23. The molecule has 4 saturated carbocycles. The van der Waals surface area contributed by atoms with Gasteiger partial charge in [0.15, 0.2) is 0 Å². The van der Waals surface area contributed by atoms with E-state index in [0.717, 1.165) is 35.2 Å². The molecule has 0 N–H and O–H groups in total. The van der Waals surface area contributed by atoms with Gasteiger partial charge in [0.25, 0.3) is 0 Å². The van der Waals surface area contributed by atoms with Gasteiger partial charge in [0.1, 0.15) is 23.7 Å². The minimum atomic E-state index is 0.469. The smallest absolute Gasteiger partial charge is 0.120 e. The molecule has 4 bridgehead atoms. The molecular weight excluding hydrogens is 272 g/mol. The van der Waals surface area contributed by atoms with E-state index in [9.17, 15) is 0 Å². The number of ether oxygens (including phenoxy) is 2. The molecule has 22 heavy (non-hydrogen) atoms. The molecule has 4 fully saturated rings. The fourth-order valence-corrected chi connectivity index (χ4v) is 5.61. The van der Waals surface area contributed by atoms with E-state index < -0.39 is 0 Å². The molecule has 0 aromatic heterocycles. The molecular formula is C20H26O2. The molecule has 5 rings (SSSR count). The zero-order valence-corrected chi connectivity index (χ0v) is 13.2. The van der Waals surface area contributed by atoms with Gasteiger partial charge in [-0.3, -0.25) is 0 Å². The summed E-state index contributed by atoms with van der Waals surface area (Å²) in [6.45, 7) is 0. The molecule has 4 aliphatic rings. The lowest BCUT2D eigenvalue weighted by Gasteiger charge is -2.24. The normalized spacial score (nSPS) is 42.0. The first kappa shape index (κ1) is 13.3. The van der Waals surface area contributed by atoms with E-state index in [-0.39, 0.29) is 0 Å². The number of rotatable bonds is 4. The van der Waals surface area contributed by atoms with Crippen LogP contribution < -0.4 is 9.47 Å². The lowest BCUT2D eigenvalue weighted by molar-refractivity contribution is 0.134.